The monoisotopic (exact) mass is 312 g/mol. The number of nitrogens with two attached hydrogens (primary N) is 1. The molecule has 0 aliphatic heterocycles. The lowest BCUT2D eigenvalue weighted by atomic mass is 10.1. The van der Waals surface area contributed by atoms with Crippen molar-refractivity contribution in [2.24, 2.45) is 5.73 Å². The zero-order valence-corrected chi connectivity index (χ0v) is 12.7. The minimum atomic E-state index is -0.806. The summed E-state index contributed by atoms with van der Waals surface area (Å²) in [6.07, 6.45) is 3.77. The third kappa shape index (κ3) is 5.79. The largest absolute Gasteiger partial charge is 0.368 e. The van der Waals surface area contributed by atoms with Crippen LogP contribution < -0.4 is 11.1 Å². The molecule has 2 amide bonds. The van der Waals surface area contributed by atoms with Crippen LogP contribution in [0.2, 0.25) is 0 Å². The molecule has 0 aliphatic carbocycles. The van der Waals surface area contributed by atoms with E-state index >= 15 is 0 Å². The zero-order chi connectivity index (χ0) is 16.5. The van der Waals surface area contributed by atoms with E-state index in [0.717, 1.165) is 37.8 Å². The maximum Gasteiger partial charge on any atom is 0.239 e. The predicted octanol–water partition coefficient (Wildman–Crippen LogP) is 2.45. The van der Waals surface area contributed by atoms with Gasteiger partial charge in [0.1, 0.15) is 17.7 Å². The molecule has 122 valence electrons. The summed E-state index contributed by atoms with van der Waals surface area (Å²) >= 11 is 0. The SMILES string of the molecule is CCCCCC[C@H](NC(=O)Cc1c(F)cccc1F)C(N)=O. The van der Waals surface area contributed by atoms with E-state index in [1.165, 1.54) is 6.07 Å². The van der Waals surface area contributed by atoms with Gasteiger partial charge in [0.2, 0.25) is 11.8 Å². The van der Waals surface area contributed by atoms with Gasteiger partial charge in [-0.3, -0.25) is 9.59 Å². The fourth-order valence-corrected chi connectivity index (χ4v) is 2.17. The second-order valence-electron chi connectivity index (χ2n) is 5.25. The molecule has 0 fully saturated rings. The molecule has 1 atom stereocenters. The van der Waals surface area contributed by atoms with Crippen LogP contribution in [0.25, 0.3) is 0 Å². The van der Waals surface area contributed by atoms with Crippen LogP contribution in [-0.2, 0) is 16.0 Å². The standard InChI is InChI=1S/C16H22F2N2O2/c1-2-3-4-5-9-14(16(19)22)20-15(21)10-11-12(17)7-6-8-13(11)18/h6-8,14H,2-5,9-10H2,1H3,(H2,19,22)(H,20,21)/t14-/m0/s1. The number of unbranched alkanes of at least 4 members (excludes halogenated alkanes) is 3. The first-order valence-electron chi connectivity index (χ1n) is 7.47. The molecule has 1 rings (SSSR count). The average molecular weight is 312 g/mol. The Morgan fingerprint density at radius 2 is 1.82 bits per heavy atom. The molecular weight excluding hydrogens is 290 g/mol. The number of carbonyl (C=O) groups is 2. The number of nitrogens with one attached hydrogen (secondary N) is 1. The first-order valence-corrected chi connectivity index (χ1v) is 7.47. The van der Waals surface area contributed by atoms with E-state index < -0.39 is 35.9 Å². The summed E-state index contributed by atoms with van der Waals surface area (Å²) in [7, 11) is 0. The van der Waals surface area contributed by atoms with Crippen molar-refractivity contribution in [3.05, 3.63) is 35.4 Å². The molecule has 0 saturated heterocycles. The van der Waals surface area contributed by atoms with Crippen LogP contribution in [0.4, 0.5) is 8.78 Å². The van der Waals surface area contributed by atoms with Crippen molar-refractivity contribution in [1.29, 1.82) is 0 Å². The molecule has 0 aromatic heterocycles. The van der Waals surface area contributed by atoms with Gasteiger partial charge in [-0.15, -0.1) is 0 Å². The highest BCUT2D eigenvalue weighted by Crippen LogP contribution is 2.13. The number of carbonyl (C=O) groups excluding carboxylic acids is 2. The first kappa shape index (κ1) is 18.1. The molecule has 3 N–H and O–H groups in total. The molecule has 6 heteroatoms. The summed E-state index contributed by atoms with van der Waals surface area (Å²) in [5.41, 5.74) is 4.94. The molecule has 1 aromatic carbocycles. The number of hydrogen-bond donors (Lipinski definition) is 2. The highest BCUT2D eigenvalue weighted by Gasteiger charge is 2.19. The summed E-state index contributed by atoms with van der Waals surface area (Å²) in [5, 5.41) is 2.45. The number of hydrogen-bond acceptors (Lipinski definition) is 2. The molecule has 0 heterocycles. The molecule has 0 bridgehead atoms. The molecule has 0 unspecified atom stereocenters. The minimum absolute atomic E-state index is 0.311. The van der Waals surface area contributed by atoms with Crippen LogP contribution in [0.5, 0.6) is 0 Å². The van der Waals surface area contributed by atoms with Gasteiger partial charge in [0.25, 0.3) is 0 Å². The van der Waals surface area contributed by atoms with E-state index in [4.69, 9.17) is 5.73 Å². The second kappa shape index (κ2) is 9.12. The third-order valence-electron chi connectivity index (χ3n) is 3.42. The van der Waals surface area contributed by atoms with Gasteiger partial charge in [-0.25, -0.2) is 8.78 Å². The Bertz CT molecular complexity index is 501. The normalized spacial score (nSPS) is 12.0. The second-order valence-corrected chi connectivity index (χ2v) is 5.25. The smallest absolute Gasteiger partial charge is 0.239 e. The van der Waals surface area contributed by atoms with E-state index in [-0.39, 0.29) is 5.56 Å². The van der Waals surface area contributed by atoms with Gasteiger partial charge in [0.05, 0.1) is 6.42 Å². The van der Waals surface area contributed by atoms with Gasteiger partial charge >= 0.3 is 0 Å². The minimum Gasteiger partial charge on any atom is -0.368 e. The van der Waals surface area contributed by atoms with Gasteiger partial charge in [-0.2, -0.15) is 0 Å². The molecule has 1 aromatic rings. The maximum absolute atomic E-state index is 13.5. The molecule has 22 heavy (non-hydrogen) atoms. The van der Waals surface area contributed by atoms with Crippen LogP contribution in [0.1, 0.15) is 44.6 Å². The average Bonchev–Trinajstić information content (AvgIpc) is 2.46. The Morgan fingerprint density at radius 1 is 1.18 bits per heavy atom. The Kier molecular flexibility index (Phi) is 7.49. The Balaban J connectivity index is 2.58. The summed E-state index contributed by atoms with van der Waals surface area (Å²) in [4.78, 5) is 23.2. The van der Waals surface area contributed by atoms with E-state index in [2.05, 4.69) is 12.2 Å². The number of benzene rings is 1. The van der Waals surface area contributed by atoms with Crippen molar-refractivity contribution in [1.82, 2.24) is 5.32 Å². The molecule has 0 aliphatic rings. The first-order chi connectivity index (χ1) is 10.5. The van der Waals surface area contributed by atoms with Crippen molar-refractivity contribution in [3.63, 3.8) is 0 Å². The lowest BCUT2D eigenvalue weighted by Crippen LogP contribution is -2.45. The van der Waals surface area contributed by atoms with Crippen molar-refractivity contribution >= 4 is 11.8 Å². The molecule has 0 spiro atoms. The topological polar surface area (TPSA) is 72.2 Å². The lowest BCUT2D eigenvalue weighted by Gasteiger charge is -2.15. The lowest BCUT2D eigenvalue weighted by molar-refractivity contribution is -0.127. The van der Waals surface area contributed by atoms with Crippen molar-refractivity contribution in [2.45, 2.75) is 51.5 Å². The van der Waals surface area contributed by atoms with E-state index in [1.54, 1.807) is 0 Å². The van der Waals surface area contributed by atoms with Crippen molar-refractivity contribution in [2.75, 3.05) is 0 Å². The summed E-state index contributed by atoms with van der Waals surface area (Å²) in [6.45, 7) is 2.07. The Hall–Kier alpha value is -1.98. The van der Waals surface area contributed by atoms with Crippen molar-refractivity contribution in [3.8, 4) is 0 Å². The fourth-order valence-electron chi connectivity index (χ4n) is 2.17. The van der Waals surface area contributed by atoms with Crippen LogP contribution in [0, 0.1) is 11.6 Å². The highest BCUT2D eigenvalue weighted by atomic mass is 19.1. The van der Waals surface area contributed by atoms with Crippen LogP contribution in [-0.4, -0.2) is 17.9 Å². The summed E-state index contributed by atoms with van der Waals surface area (Å²) < 4.78 is 27.0. The number of halogens is 2. The van der Waals surface area contributed by atoms with Crippen LogP contribution in [0.15, 0.2) is 18.2 Å². The Morgan fingerprint density at radius 3 is 2.36 bits per heavy atom. The van der Waals surface area contributed by atoms with E-state index in [9.17, 15) is 18.4 Å². The quantitative estimate of drug-likeness (QED) is 0.687. The molecule has 0 radical (unpaired) electrons. The number of rotatable bonds is 9. The van der Waals surface area contributed by atoms with E-state index in [1.807, 2.05) is 0 Å². The molecule has 0 saturated carbocycles. The Labute approximate surface area is 129 Å². The van der Waals surface area contributed by atoms with Crippen LogP contribution in [0.3, 0.4) is 0 Å². The van der Waals surface area contributed by atoms with Crippen molar-refractivity contribution < 1.29 is 18.4 Å². The van der Waals surface area contributed by atoms with Gasteiger partial charge in [0.15, 0.2) is 0 Å². The van der Waals surface area contributed by atoms with Gasteiger partial charge in [-0.05, 0) is 18.6 Å². The van der Waals surface area contributed by atoms with Crippen LogP contribution >= 0.6 is 0 Å². The number of amides is 2. The highest BCUT2D eigenvalue weighted by molar-refractivity contribution is 5.87. The summed E-state index contributed by atoms with van der Waals surface area (Å²) in [6, 6.07) is 2.59. The van der Waals surface area contributed by atoms with Gasteiger partial charge in [0, 0.05) is 5.56 Å². The third-order valence-corrected chi connectivity index (χ3v) is 3.42. The fraction of sp³-hybridized carbons (Fsp3) is 0.500. The maximum atomic E-state index is 13.5. The van der Waals surface area contributed by atoms with E-state index in [0.29, 0.717) is 6.42 Å². The molecule has 4 nitrogen and oxygen atoms in total. The molecular formula is C16H22F2N2O2. The van der Waals surface area contributed by atoms with Gasteiger partial charge < -0.3 is 11.1 Å². The zero-order valence-electron chi connectivity index (χ0n) is 12.7. The van der Waals surface area contributed by atoms with Gasteiger partial charge in [-0.1, -0.05) is 38.7 Å². The predicted molar refractivity (Wildman–Crippen MR) is 79.9 cm³/mol. The summed E-state index contributed by atoms with van der Waals surface area (Å²) in [5.74, 6) is -2.83. The number of primary amides is 1.